The lowest BCUT2D eigenvalue weighted by Crippen LogP contribution is -2.48. The highest BCUT2D eigenvalue weighted by molar-refractivity contribution is 8.11. The third kappa shape index (κ3) is 6.94. The summed E-state index contributed by atoms with van der Waals surface area (Å²) in [6.45, 7) is 0. The molecule has 4 rings (SSSR count). The van der Waals surface area contributed by atoms with Crippen molar-refractivity contribution in [2.24, 2.45) is 0 Å². The van der Waals surface area contributed by atoms with Gasteiger partial charge in [0.05, 0.1) is 0 Å². The molecule has 2 N–H and O–H groups in total. The molecule has 222 valence electrons. The molecule has 0 atom stereocenters. The Kier molecular flexibility index (Phi) is 9.31. The maximum absolute atomic E-state index is 15.0. The average Bonchev–Trinajstić information content (AvgIpc) is 2.88. The summed E-state index contributed by atoms with van der Waals surface area (Å²) in [4.78, 5) is 0. The van der Waals surface area contributed by atoms with Crippen molar-refractivity contribution in [1.82, 2.24) is 4.13 Å². The molecule has 0 spiro atoms. The number of rotatable bonds is 9. The van der Waals surface area contributed by atoms with Crippen LogP contribution in [0.15, 0.2) is 12.1 Å². The minimum atomic E-state index is -6.43. The Morgan fingerprint density at radius 3 is 1.46 bits per heavy atom. The van der Waals surface area contributed by atoms with Crippen molar-refractivity contribution in [2.75, 3.05) is 0 Å². The summed E-state index contributed by atoms with van der Waals surface area (Å²) in [5, 5.41) is 0. The van der Waals surface area contributed by atoms with Crippen molar-refractivity contribution >= 4 is 30.4 Å². The standard InChI is InChI=1S/C25H37F2NO8S3/c26-25(27,37(29,30)28-39(33,34)35)38(31,32)36-24-22(19-12-6-2-7-13-19)16-21(18-10-4-1-5-11-18)17-23(24)20-14-8-3-9-15-20/h16-20,28H,1-15H2,(H,33,34,35). The molecule has 3 aliphatic carbocycles. The van der Waals surface area contributed by atoms with Crippen LogP contribution in [0.1, 0.15) is 131 Å². The summed E-state index contributed by atoms with van der Waals surface area (Å²) in [5.74, 6) is -0.281. The van der Waals surface area contributed by atoms with Crippen LogP contribution in [0.25, 0.3) is 0 Å². The molecule has 3 fully saturated rings. The molecule has 0 unspecified atom stereocenters. The van der Waals surface area contributed by atoms with E-state index in [1.807, 2.05) is 12.1 Å². The van der Waals surface area contributed by atoms with Crippen LogP contribution in [-0.2, 0) is 30.4 Å². The van der Waals surface area contributed by atoms with Gasteiger partial charge in [-0.15, -0.1) is 0 Å². The van der Waals surface area contributed by atoms with E-state index in [4.69, 9.17) is 8.74 Å². The topological polar surface area (TPSA) is 144 Å². The molecular formula is C25H37F2NO8S3. The molecule has 0 bridgehead atoms. The fourth-order valence-corrected chi connectivity index (χ4v) is 9.87. The number of halogens is 2. The predicted octanol–water partition coefficient (Wildman–Crippen LogP) is 5.81. The van der Waals surface area contributed by atoms with Crippen LogP contribution < -0.4 is 8.31 Å². The summed E-state index contributed by atoms with van der Waals surface area (Å²) in [6, 6.07) is 3.73. The van der Waals surface area contributed by atoms with Crippen molar-refractivity contribution in [3.05, 3.63) is 28.8 Å². The van der Waals surface area contributed by atoms with Crippen LogP contribution in [0.5, 0.6) is 5.75 Å². The van der Waals surface area contributed by atoms with Crippen LogP contribution in [-0.4, -0.2) is 34.4 Å². The van der Waals surface area contributed by atoms with Gasteiger partial charge in [-0.2, -0.15) is 25.6 Å². The number of nitrogens with one attached hydrogen (secondary N) is 1. The van der Waals surface area contributed by atoms with Gasteiger partial charge < -0.3 is 4.18 Å². The third-order valence-electron chi connectivity index (χ3n) is 8.35. The van der Waals surface area contributed by atoms with E-state index in [-0.39, 0.29) is 23.5 Å². The number of hydrogen-bond acceptors (Lipinski definition) is 7. The van der Waals surface area contributed by atoms with Gasteiger partial charge in [-0.25, -0.2) is 8.42 Å². The first-order chi connectivity index (χ1) is 18.2. The molecule has 3 saturated carbocycles. The van der Waals surface area contributed by atoms with Crippen molar-refractivity contribution in [1.29, 1.82) is 0 Å². The van der Waals surface area contributed by atoms with E-state index in [1.54, 1.807) is 0 Å². The summed E-state index contributed by atoms with van der Waals surface area (Å²) in [7, 11) is -18.4. The third-order valence-corrected chi connectivity index (χ3v) is 12.9. The van der Waals surface area contributed by atoms with Gasteiger partial charge in [-0.05, 0) is 73.0 Å². The van der Waals surface area contributed by atoms with Crippen LogP contribution in [0.3, 0.4) is 0 Å². The highest BCUT2D eigenvalue weighted by Gasteiger charge is 2.61. The zero-order chi connectivity index (χ0) is 28.5. The fourth-order valence-electron chi connectivity index (χ4n) is 6.38. The molecule has 39 heavy (non-hydrogen) atoms. The van der Waals surface area contributed by atoms with Gasteiger partial charge in [0.15, 0.2) is 0 Å². The Morgan fingerprint density at radius 2 is 1.08 bits per heavy atom. The maximum Gasteiger partial charge on any atom is 0.496 e. The SMILES string of the molecule is O=S(=O)(O)NS(=O)(=O)C(F)(F)S(=O)(=O)Oc1c(C2CCCCC2)cc(C2CCCCC2)cc1C1CCCCC1. The van der Waals surface area contributed by atoms with Gasteiger partial charge in [0.25, 0.3) is 0 Å². The predicted molar refractivity (Wildman–Crippen MR) is 142 cm³/mol. The van der Waals surface area contributed by atoms with E-state index >= 15 is 0 Å². The number of hydrogen-bond donors (Lipinski definition) is 2. The molecule has 0 amide bonds. The normalized spacial score (nSPS) is 21.6. The molecule has 1 aromatic carbocycles. The monoisotopic (exact) mass is 613 g/mol. The van der Waals surface area contributed by atoms with Gasteiger partial charge in [0.2, 0.25) is 0 Å². The molecule has 0 aliphatic heterocycles. The lowest BCUT2D eigenvalue weighted by molar-refractivity contribution is 0.166. The minimum absolute atomic E-state index is 0.143. The zero-order valence-corrected chi connectivity index (χ0v) is 24.2. The van der Waals surface area contributed by atoms with Crippen molar-refractivity contribution in [3.8, 4) is 5.75 Å². The molecule has 0 saturated heterocycles. The highest BCUT2D eigenvalue weighted by Crippen LogP contribution is 2.48. The molecule has 1 aromatic rings. The Labute approximate surface area is 230 Å². The van der Waals surface area contributed by atoms with Gasteiger partial charge in [0, 0.05) is 0 Å². The first kappa shape index (κ1) is 30.6. The molecule has 14 heteroatoms. The minimum Gasteiger partial charge on any atom is -0.377 e. The Bertz CT molecular complexity index is 1310. The van der Waals surface area contributed by atoms with Crippen molar-refractivity contribution in [2.45, 2.75) is 119 Å². The lowest BCUT2D eigenvalue weighted by atomic mass is 9.75. The second-order valence-electron chi connectivity index (χ2n) is 11.1. The van der Waals surface area contributed by atoms with Gasteiger partial charge in [-0.3, -0.25) is 4.55 Å². The van der Waals surface area contributed by atoms with Crippen LogP contribution in [0.2, 0.25) is 0 Å². The van der Waals surface area contributed by atoms with Gasteiger partial charge in [0.1, 0.15) is 5.75 Å². The molecular weight excluding hydrogens is 576 g/mol. The molecule has 0 aromatic heterocycles. The maximum atomic E-state index is 15.0. The van der Waals surface area contributed by atoms with Crippen LogP contribution >= 0.6 is 0 Å². The fraction of sp³-hybridized carbons (Fsp3) is 0.760. The average molecular weight is 614 g/mol. The largest absolute Gasteiger partial charge is 0.496 e. The van der Waals surface area contributed by atoms with Crippen LogP contribution in [0.4, 0.5) is 8.78 Å². The van der Waals surface area contributed by atoms with Crippen LogP contribution in [0, 0.1) is 0 Å². The van der Waals surface area contributed by atoms with E-state index in [0.29, 0.717) is 40.9 Å². The molecule has 3 aliphatic rings. The summed E-state index contributed by atoms with van der Waals surface area (Å²) < 4.78 is 110. The highest BCUT2D eigenvalue weighted by atomic mass is 32.3. The van der Waals surface area contributed by atoms with E-state index in [2.05, 4.69) is 0 Å². The summed E-state index contributed by atoms with van der Waals surface area (Å²) in [5.41, 5.74) is 2.03. The van der Waals surface area contributed by atoms with E-state index in [1.165, 1.54) is 0 Å². The number of alkyl halides is 2. The molecule has 9 nitrogen and oxygen atoms in total. The van der Waals surface area contributed by atoms with E-state index in [9.17, 15) is 34.0 Å². The number of sulfonamides is 1. The van der Waals surface area contributed by atoms with Crippen molar-refractivity contribution in [3.63, 3.8) is 0 Å². The quantitative estimate of drug-likeness (QED) is 0.262. The Hall–Kier alpha value is -1.35. The lowest BCUT2D eigenvalue weighted by Gasteiger charge is -2.32. The molecule has 0 heterocycles. The van der Waals surface area contributed by atoms with Crippen molar-refractivity contribution < 1.29 is 42.8 Å². The summed E-state index contributed by atoms with van der Waals surface area (Å²) >= 11 is 0. The second kappa shape index (κ2) is 11.9. The Balaban J connectivity index is 1.85. The summed E-state index contributed by atoms with van der Waals surface area (Å²) in [6.07, 6.45) is 13.6. The zero-order valence-electron chi connectivity index (χ0n) is 21.8. The van der Waals surface area contributed by atoms with E-state index in [0.717, 1.165) is 76.2 Å². The number of benzene rings is 1. The van der Waals surface area contributed by atoms with Gasteiger partial charge in [-0.1, -0.05) is 74.0 Å². The molecule has 0 radical (unpaired) electrons. The second-order valence-corrected chi connectivity index (χ2v) is 16.1. The first-order valence-electron chi connectivity index (χ1n) is 13.7. The van der Waals surface area contributed by atoms with Gasteiger partial charge >= 0.3 is 35.0 Å². The smallest absolute Gasteiger partial charge is 0.377 e. The Morgan fingerprint density at radius 1 is 0.692 bits per heavy atom. The van der Waals surface area contributed by atoms with E-state index < -0.39 is 35.0 Å². The first-order valence-corrected chi connectivity index (χ1v) is 18.0.